The van der Waals surface area contributed by atoms with Crippen molar-refractivity contribution in [3.05, 3.63) is 85.3 Å². The van der Waals surface area contributed by atoms with Crippen LogP contribution in [0, 0.1) is 0 Å². The minimum absolute atomic E-state index is 0.0189. The fraction of sp³-hybridized carbons (Fsp3) is 0.174. The highest BCUT2D eigenvalue weighted by atomic mass is 32.1. The van der Waals surface area contributed by atoms with Gasteiger partial charge in [0.15, 0.2) is 0 Å². The van der Waals surface area contributed by atoms with E-state index in [1.807, 2.05) is 0 Å². The van der Waals surface area contributed by atoms with Crippen molar-refractivity contribution < 1.29 is 19.1 Å². The van der Waals surface area contributed by atoms with Crippen molar-refractivity contribution in [1.82, 2.24) is 14.5 Å². The zero-order chi connectivity index (χ0) is 23.5. The molecule has 4 rings (SSSR count). The number of carbonyl (C=O) groups excluding carboxylic acids is 2. The molecule has 10 heteroatoms. The van der Waals surface area contributed by atoms with E-state index in [2.05, 4.69) is 9.97 Å². The molecule has 0 aliphatic carbocycles. The van der Waals surface area contributed by atoms with Gasteiger partial charge >= 0.3 is 11.9 Å². The lowest BCUT2D eigenvalue weighted by molar-refractivity contribution is -0.136. The van der Waals surface area contributed by atoms with Crippen LogP contribution in [0.25, 0.3) is 17.5 Å². The lowest BCUT2D eigenvalue weighted by Crippen LogP contribution is -2.41. The van der Waals surface area contributed by atoms with Crippen LogP contribution in [-0.4, -0.2) is 40.2 Å². The Bertz CT molecular complexity index is 1420. The Labute approximate surface area is 192 Å². The molecule has 1 aliphatic heterocycles. The quantitative estimate of drug-likeness (QED) is 0.536. The Morgan fingerprint density at radius 1 is 1.09 bits per heavy atom. The van der Waals surface area contributed by atoms with Crippen molar-refractivity contribution in [2.45, 2.75) is 12.8 Å². The minimum Gasteiger partial charge on any atom is -0.466 e. The summed E-state index contributed by atoms with van der Waals surface area (Å²) in [6.07, 6.45) is 7.98. The summed E-state index contributed by atoms with van der Waals surface area (Å²) < 4.78 is 12.1. The van der Waals surface area contributed by atoms with Crippen LogP contribution in [0.3, 0.4) is 0 Å². The number of hydrogen-bond donors (Lipinski definition) is 1. The molecule has 0 unspecified atom stereocenters. The molecule has 1 atom stereocenters. The van der Waals surface area contributed by atoms with Gasteiger partial charge in [0.1, 0.15) is 10.5 Å². The van der Waals surface area contributed by atoms with Crippen LogP contribution in [0.15, 0.2) is 59.4 Å². The predicted octanol–water partition coefficient (Wildman–Crippen LogP) is 0.340. The Hall–Kier alpha value is -4.05. The number of nitrogens with zero attached hydrogens (tertiary/aromatic N) is 3. The number of thiazole rings is 1. The number of rotatable bonds is 5. The van der Waals surface area contributed by atoms with Gasteiger partial charge in [0.2, 0.25) is 0 Å². The van der Waals surface area contributed by atoms with Gasteiger partial charge in [0.25, 0.3) is 5.56 Å². The third kappa shape index (κ3) is 3.96. The van der Waals surface area contributed by atoms with Crippen LogP contribution in [0.2, 0.25) is 0 Å². The Balaban J connectivity index is 2.13. The van der Waals surface area contributed by atoms with E-state index in [1.165, 1.54) is 11.7 Å². The number of methoxy groups -OCH3 is 1. The van der Waals surface area contributed by atoms with Crippen molar-refractivity contribution >= 4 is 40.7 Å². The summed E-state index contributed by atoms with van der Waals surface area (Å²) in [5.74, 6) is -2.40. The number of esters is 2. The fourth-order valence-corrected chi connectivity index (χ4v) is 4.83. The van der Waals surface area contributed by atoms with Crippen molar-refractivity contribution in [3.8, 4) is 0 Å². The van der Waals surface area contributed by atoms with E-state index in [0.29, 0.717) is 14.8 Å². The third-order valence-corrected chi connectivity index (χ3v) is 6.20. The van der Waals surface area contributed by atoms with Crippen molar-refractivity contribution in [3.63, 3.8) is 0 Å². The van der Waals surface area contributed by atoms with E-state index < -0.39 is 23.4 Å². The zero-order valence-corrected chi connectivity index (χ0v) is 18.7. The van der Waals surface area contributed by atoms with Gasteiger partial charge in [0.05, 0.1) is 35.3 Å². The second-order valence-corrected chi connectivity index (χ2v) is 8.01. The van der Waals surface area contributed by atoms with Crippen molar-refractivity contribution in [2.75, 3.05) is 13.7 Å². The van der Waals surface area contributed by atoms with Gasteiger partial charge in [0, 0.05) is 24.8 Å². The molecule has 0 fully saturated rings. The molecule has 0 radical (unpaired) electrons. The molecule has 33 heavy (non-hydrogen) atoms. The first-order valence-electron chi connectivity index (χ1n) is 10.0. The number of pyridine rings is 2. The topological polar surface area (TPSA) is 126 Å². The smallest absolute Gasteiger partial charge is 0.338 e. The molecular weight excluding hydrogens is 444 g/mol. The molecule has 0 spiro atoms. The summed E-state index contributed by atoms with van der Waals surface area (Å²) in [7, 11) is 1.21. The molecule has 168 valence electrons. The van der Waals surface area contributed by atoms with Gasteiger partial charge in [-0.1, -0.05) is 0 Å². The molecular formula is C23H20N4O5S. The lowest BCUT2D eigenvalue weighted by atomic mass is 9.83. The largest absolute Gasteiger partial charge is 0.466 e. The predicted molar refractivity (Wildman–Crippen MR) is 122 cm³/mol. The van der Waals surface area contributed by atoms with E-state index in [1.54, 1.807) is 62.1 Å². The van der Waals surface area contributed by atoms with Gasteiger partial charge in [-0.25, -0.2) is 9.59 Å². The first kappa shape index (κ1) is 22.2. The monoisotopic (exact) mass is 464 g/mol. The number of ether oxygens (including phenoxy) is 2. The normalized spacial score (nSPS) is 15.9. The third-order valence-electron chi connectivity index (χ3n) is 5.09. The molecule has 0 aromatic carbocycles. The van der Waals surface area contributed by atoms with E-state index in [4.69, 9.17) is 15.2 Å². The molecule has 0 amide bonds. The van der Waals surface area contributed by atoms with Gasteiger partial charge in [-0.2, -0.15) is 0 Å². The molecule has 0 bridgehead atoms. The number of carbonyl (C=O) groups is 2. The van der Waals surface area contributed by atoms with Gasteiger partial charge in [-0.05, 0) is 48.4 Å². The maximum absolute atomic E-state index is 13.3. The molecule has 0 saturated heterocycles. The van der Waals surface area contributed by atoms with Crippen LogP contribution >= 0.6 is 11.3 Å². The highest BCUT2D eigenvalue weighted by Crippen LogP contribution is 2.37. The Morgan fingerprint density at radius 3 is 2.33 bits per heavy atom. The average molecular weight is 465 g/mol. The maximum Gasteiger partial charge on any atom is 0.338 e. The van der Waals surface area contributed by atoms with Crippen LogP contribution in [0.4, 0.5) is 0 Å². The molecule has 1 aliphatic rings. The highest BCUT2D eigenvalue weighted by Gasteiger charge is 2.39. The fourth-order valence-electron chi connectivity index (χ4n) is 3.66. The lowest BCUT2D eigenvalue weighted by Gasteiger charge is -2.26. The molecule has 4 heterocycles. The van der Waals surface area contributed by atoms with E-state index >= 15 is 0 Å². The number of hydrogen-bond acceptors (Lipinski definition) is 9. The molecule has 2 N–H and O–H groups in total. The van der Waals surface area contributed by atoms with Gasteiger partial charge in [-0.15, -0.1) is 11.3 Å². The summed E-state index contributed by atoms with van der Waals surface area (Å²) >= 11 is 1.10. The van der Waals surface area contributed by atoms with Gasteiger partial charge in [-0.3, -0.25) is 19.3 Å². The van der Waals surface area contributed by atoms with E-state index in [9.17, 15) is 14.4 Å². The molecule has 0 saturated carbocycles. The van der Waals surface area contributed by atoms with Crippen LogP contribution in [0.5, 0.6) is 0 Å². The summed E-state index contributed by atoms with van der Waals surface area (Å²) in [4.78, 5) is 47.3. The van der Waals surface area contributed by atoms with E-state index in [0.717, 1.165) is 16.9 Å². The number of fused-ring (bicyclic) bond motifs is 1. The van der Waals surface area contributed by atoms with Crippen LogP contribution in [0.1, 0.15) is 24.0 Å². The molecule has 9 nitrogen and oxygen atoms in total. The second kappa shape index (κ2) is 9.21. The Kier molecular flexibility index (Phi) is 6.18. The van der Waals surface area contributed by atoms with E-state index in [-0.39, 0.29) is 23.6 Å². The van der Waals surface area contributed by atoms with Gasteiger partial charge < -0.3 is 15.2 Å². The summed E-state index contributed by atoms with van der Waals surface area (Å²) in [6, 6.07) is 6.84. The van der Waals surface area contributed by atoms with Crippen LogP contribution < -0.4 is 20.5 Å². The summed E-state index contributed by atoms with van der Waals surface area (Å²) in [5, 5.41) is 0. The molecule has 3 aromatic rings. The number of aromatic nitrogens is 3. The van der Waals surface area contributed by atoms with Crippen LogP contribution in [-0.2, 0) is 19.1 Å². The summed E-state index contributed by atoms with van der Waals surface area (Å²) in [6.45, 7) is 1.79. The average Bonchev–Trinajstić information content (AvgIpc) is 3.15. The maximum atomic E-state index is 13.3. The highest BCUT2D eigenvalue weighted by molar-refractivity contribution is 7.07. The minimum atomic E-state index is -0.897. The second-order valence-electron chi connectivity index (χ2n) is 6.98. The first-order valence-corrected chi connectivity index (χ1v) is 10.8. The standard InChI is InChI=1S/C23H20N4O5S/c1-3-32-23(30)18-16(14-6-10-26-11-7-14)17(22(29)31-2)19(24)27-20(28)15(33-21(18)27)12-13-4-8-25-9-5-13/h4-12,16H,3,24H2,1-2H3/b15-12-/t16-/m1/s1. The Morgan fingerprint density at radius 2 is 1.73 bits per heavy atom. The molecule has 3 aromatic heterocycles. The first-order chi connectivity index (χ1) is 16.0. The SMILES string of the molecule is CCOC(=O)C1=c2s/c(=C\c3ccncc3)c(=O)n2C(N)=C(C(=O)OC)[C@H]1c1ccncc1. The zero-order valence-electron chi connectivity index (χ0n) is 17.8. The number of nitrogens with two attached hydrogens (primary N) is 1. The van der Waals surface area contributed by atoms with Crippen molar-refractivity contribution in [2.24, 2.45) is 5.73 Å². The van der Waals surface area contributed by atoms with Crippen molar-refractivity contribution in [1.29, 1.82) is 0 Å². The summed E-state index contributed by atoms with van der Waals surface area (Å²) in [5.41, 5.74) is 7.38.